The second-order valence-corrected chi connectivity index (χ2v) is 7.43. The Morgan fingerprint density at radius 1 is 1.21 bits per heavy atom. The van der Waals surface area contributed by atoms with Crippen LogP contribution in [0.4, 0.5) is 5.13 Å². The van der Waals surface area contributed by atoms with E-state index in [9.17, 15) is 9.59 Å². The molecule has 0 fully saturated rings. The van der Waals surface area contributed by atoms with Crippen LogP contribution in [-0.2, 0) is 16.0 Å². The largest absolute Gasteiger partial charge is 0.465 e. The molecule has 3 N–H and O–H groups in total. The molecule has 1 aromatic heterocycles. The smallest absolute Gasteiger partial charge is 0.337 e. The van der Waals surface area contributed by atoms with Gasteiger partial charge < -0.3 is 15.8 Å². The Kier molecular flexibility index (Phi) is 7.90. The minimum absolute atomic E-state index is 0. The number of nitrogens with zero attached hydrogens (tertiary/aromatic N) is 1. The molecular formula is C21H22ClN3O3S. The maximum atomic E-state index is 12.5. The van der Waals surface area contributed by atoms with Gasteiger partial charge in [-0.2, -0.15) is 0 Å². The average molecular weight is 432 g/mol. The first-order valence-corrected chi connectivity index (χ1v) is 9.53. The third-order valence-corrected chi connectivity index (χ3v) is 5.27. The Morgan fingerprint density at radius 2 is 1.97 bits per heavy atom. The van der Waals surface area contributed by atoms with Crippen LogP contribution in [0.15, 0.2) is 54.7 Å². The number of thiazole rings is 1. The number of hydrogen-bond donors (Lipinski definition) is 2. The molecule has 3 aromatic rings. The van der Waals surface area contributed by atoms with Crippen LogP contribution in [-0.4, -0.2) is 24.0 Å². The Balaban J connectivity index is 0.00000300. The van der Waals surface area contributed by atoms with Crippen molar-refractivity contribution in [3.8, 4) is 0 Å². The van der Waals surface area contributed by atoms with Crippen molar-refractivity contribution in [1.82, 2.24) is 4.98 Å². The van der Waals surface area contributed by atoms with E-state index in [1.807, 2.05) is 12.1 Å². The fraction of sp³-hybridized carbons (Fsp3) is 0.190. The molecular weight excluding hydrogens is 410 g/mol. The summed E-state index contributed by atoms with van der Waals surface area (Å²) in [6, 6.07) is 13.8. The van der Waals surface area contributed by atoms with Crippen molar-refractivity contribution in [3.63, 3.8) is 0 Å². The van der Waals surface area contributed by atoms with Crippen LogP contribution in [0.3, 0.4) is 0 Å². The molecule has 1 heterocycles. The maximum Gasteiger partial charge on any atom is 0.337 e. The van der Waals surface area contributed by atoms with Gasteiger partial charge in [-0.3, -0.25) is 4.79 Å². The number of carbonyl (C=O) groups is 2. The number of halogens is 1. The summed E-state index contributed by atoms with van der Waals surface area (Å²) in [6.07, 6.45) is 2.52. The summed E-state index contributed by atoms with van der Waals surface area (Å²) in [5, 5.41) is 3.24. The molecule has 1 unspecified atom stereocenters. The monoisotopic (exact) mass is 431 g/mol. The Bertz CT molecular complexity index is 1010. The molecule has 0 aliphatic rings. The SMILES string of the molecule is COC(=O)c1cccc(C(N)C(=O)Nc2ncc(Cc3ccccc3C)s2)c1.Cl. The van der Waals surface area contributed by atoms with Gasteiger partial charge in [0.25, 0.3) is 0 Å². The van der Waals surface area contributed by atoms with Gasteiger partial charge in [0.05, 0.1) is 12.7 Å². The first-order valence-electron chi connectivity index (χ1n) is 8.72. The minimum atomic E-state index is -0.923. The van der Waals surface area contributed by atoms with Crippen molar-refractivity contribution < 1.29 is 14.3 Å². The van der Waals surface area contributed by atoms with Crippen molar-refractivity contribution in [1.29, 1.82) is 0 Å². The van der Waals surface area contributed by atoms with Crippen LogP contribution in [0.1, 0.15) is 38.0 Å². The van der Waals surface area contributed by atoms with Crippen molar-refractivity contribution in [3.05, 3.63) is 81.9 Å². The summed E-state index contributed by atoms with van der Waals surface area (Å²) in [6.45, 7) is 2.07. The van der Waals surface area contributed by atoms with Crippen LogP contribution in [0.2, 0.25) is 0 Å². The molecule has 0 aliphatic heterocycles. The number of aromatic nitrogens is 1. The van der Waals surface area contributed by atoms with Crippen LogP contribution in [0.25, 0.3) is 0 Å². The van der Waals surface area contributed by atoms with Gasteiger partial charge in [-0.25, -0.2) is 9.78 Å². The molecule has 152 valence electrons. The molecule has 29 heavy (non-hydrogen) atoms. The number of nitrogens with two attached hydrogens (primary N) is 1. The number of nitrogens with one attached hydrogen (secondary N) is 1. The second kappa shape index (κ2) is 10.2. The zero-order chi connectivity index (χ0) is 20.1. The van der Waals surface area contributed by atoms with Gasteiger partial charge >= 0.3 is 5.97 Å². The van der Waals surface area contributed by atoms with Crippen molar-refractivity contribution in [2.24, 2.45) is 5.73 Å². The Labute approximate surface area is 179 Å². The summed E-state index contributed by atoms with van der Waals surface area (Å²) >= 11 is 1.42. The van der Waals surface area contributed by atoms with Crippen molar-refractivity contribution in [2.45, 2.75) is 19.4 Å². The molecule has 0 radical (unpaired) electrons. The minimum Gasteiger partial charge on any atom is -0.465 e. The first-order chi connectivity index (χ1) is 13.5. The van der Waals surface area contributed by atoms with E-state index in [1.165, 1.54) is 29.6 Å². The number of rotatable bonds is 6. The van der Waals surface area contributed by atoms with E-state index in [-0.39, 0.29) is 18.3 Å². The summed E-state index contributed by atoms with van der Waals surface area (Å²) in [4.78, 5) is 29.5. The van der Waals surface area contributed by atoms with Gasteiger partial charge in [0, 0.05) is 17.5 Å². The summed E-state index contributed by atoms with van der Waals surface area (Å²) < 4.78 is 4.70. The maximum absolute atomic E-state index is 12.5. The highest BCUT2D eigenvalue weighted by Gasteiger charge is 2.19. The van der Waals surface area contributed by atoms with Crippen LogP contribution < -0.4 is 11.1 Å². The second-order valence-electron chi connectivity index (χ2n) is 6.32. The predicted octanol–water partition coefficient (Wildman–Crippen LogP) is 3.89. The fourth-order valence-electron chi connectivity index (χ4n) is 2.75. The highest BCUT2D eigenvalue weighted by molar-refractivity contribution is 7.15. The van der Waals surface area contributed by atoms with Crippen molar-refractivity contribution in [2.75, 3.05) is 12.4 Å². The molecule has 1 atom stereocenters. The van der Waals surface area contributed by atoms with E-state index in [1.54, 1.807) is 30.5 Å². The van der Waals surface area contributed by atoms with Crippen molar-refractivity contribution >= 4 is 40.8 Å². The number of esters is 1. The first kappa shape index (κ1) is 22.5. The number of anilines is 1. The fourth-order valence-corrected chi connectivity index (χ4v) is 3.59. The van der Waals surface area contributed by atoms with Crippen LogP contribution in [0, 0.1) is 6.92 Å². The highest BCUT2D eigenvalue weighted by atomic mass is 35.5. The number of methoxy groups -OCH3 is 1. The zero-order valence-corrected chi connectivity index (χ0v) is 17.7. The van der Waals surface area contributed by atoms with Gasteiger partial charge in [-0.1, -0.05) is 36.4 Å². The van der Waals surface area contributed by atoms with E-state index < -0.39 is 12.0 Å². The van der Waals surface area contributed by atoms with E-state index in [2.05, 4.69) is 29.4 Å². The van der Waals surface area contributed by atoms with Gasteiger partial charge in [-0.05, 0) is 35.7 Å². The lowest BCUT2D eigenvalue weighted by molar-refractivity contribution is -0.117. The number of hydrogen-bond acceptors (Lipinski definition) is 6. The zero-order valence-electron chi connectivity index (χ0n) is 16.0. The van der Waals surface area contributed by atoms with E-state index in [0.29, 0.717) is 16.3 Å². The lowest BCUT2D eigenvalue weighted by Gasteiger charge is -2.12. The summed E-state index contributed by atoms with van der Waals surface area (Å²) in [5.41, 5.74) is 9.37. The highest BCUT2D eigenvalue weighted by Crippen LogP contribution is 2.24. The number of amides is 1. The third kappa shape index (κ3) is 5.63. The molecule has 8 heteroatoms. The topological polar surface area (TPSA) is 94.3 Å². The average Bonchev–Trinajstić information content (AvgIpc) is 3.15. The Morgan fingerprint density at radius 3 is 2.69 bits per heavy atom. The number of aryl methyl sites for hydroxylation is 1. The molecule has 6 nitrogen and oxygen atoms in total. The van der Waals surface area contributed by atoms with Gasteiger partial charge in [0.1, 0.15) is 6.04 Å². The molecule has 0 aliphatic carbocycles. The molecule has 0 bridgehead atoms. The lowest BCUT2D eigenvalue weighted by atomic mass is 10.0. The molecule has 0 saturated carbocycles. The Hall–Kier alpha value is -2.74. The van der Waals surface area contributed by atoms with E-state index in [0.717, 1.165) is 11.3 Å². The summed E-state index contributed by atoms with van der Waals surface area (Å²) in [7, 11) is 1.30. The number of benzene rings is 2. The van der Waals surface area contributed by atoms with Gasteiger partial charge in [0.15, 0.2) is 5.13 Å². The number of ether oxygens (including phenoxy) is 1. The molecule has 1 amide bonds. The molecule has 2 aromatic carbocycles. The molecule has 0 saturated heterocycles. The van der Waals surface area contributed by atoms with E-state index in [4.69, 9.17) is 10.5 Å². The summed E-state index contributed by atoms with van der Waals surface area (Å²) in [5.74, 6) is -0.867. The third-order valence-electron chi connectivity index (χ3n) is 4.36. The molecule has 3 rings (SSSR count). The number of carbonyl (C=O) groups excluding carboxylic acids is 2. The van der Waals surface area contributed by atoms with Gasteiger partial charge in [-0.15, -0.1) is 23.7 Å². The predicted molar refractivity (Wildman–Crippen MR) is 117 cm³/mol. The standard InChI is InChI=1S/C21H21N3O3S.ClH/c1-13-6-3-4-7-14(13)11-17-12-23-21(28-17)24-19(25)18(22)15-8-5-9-16(10-15)20(26)27-2;/h3-10,12,18H,11,22H2,1-2H3,(H,23,24,25);1H. The van der Waals surface area contributed by atoms with Gasteiger partial charge in [0.2, 0.25) is 5.91 Å². The normalized spacial score (nSPS) is 11.3. The van der Waals surface area contributed by atoms with E-state index >= 15 is 0 Å². The molecule has 0 spiro atoms. The van der Waals surface area contributed by atoms with Crippen LogP contribution >= 0.6 is 23.7 Å². The van der Waals surface area contributed by atoms with Crippen LogP contribution in [0.5, 0.6) is 0 Å². The quantitative estimate of drug-likeness (QED) is 0.577. The lowest BCUT2D eigenvalue weighted by Crippen LogP contribution is -2.27.